The van der Waals surface area contributed by atoms with Crippen molar-refractivity contribution in [3.8, 4) is 0 Å². The van der Waals surface area contributed by atoms with Crippen LogP contribution in [0.5, 0.6) is 0 Å². The normalized spacial score (nSPS) is 10.4. The second-order valence-corrected chi connectivity index (χ2v) is 5.74. The SMILES string of the molecule is Cc1ccccc1C(=O)c1ccc(Nc2ccccc2[N+](=O)[O-])cc1F. The Balaban J connectivity index is 1.90. The summed E-state index contributed by atoms with van der Waals surface area (Å²) in [6.45, 7) is 1.79. The zero-order chi connectivity index (χ0) is 18.7. The Hall–Kier alpha value is -3.54. The Bertz CT molecular complexity index is 1000. The molecule has 0 aromatic heterocycles. The number of rotatable bonds is 5. The number of carbonyl (C=O) groups is 1. The highest BCUT2D eigenvalue weighted by Gasteiger charge is 2.17. The van der Waals surface area contributed by atoms with Crippen molar-refractivity contribution in [1.82, 2.24) is 0 Å². The molecule has 0 heterocycles. The van der Waals surface area contributed by atoms with Crippen LogP contribution in [0.1, 0.15) is 21.5 Å². The van der Waals surface area contributed by atoms with E-state index in [9.17, 15) is 19.3 Å². The van der Waals surface area contributed by atoms with Gasteiger partial charge in [-0.2, -0.15) is 0 Å². The lowest BCUT2D eigenvalue weighted by Crippen LogP contribution is -2.06. The first-order valence-electron chi connectivity index (χ1n) is 7.87. The molecule has 1 N–H and O–H groups in total. The van der Waals surface area contributed by atoms with Gasteiger partial charge in [0.25, 0.3) is 5.69 Å². The first-order valence-corrected chi connectivity index (χ1v) is 7.87. The van der Waals surface area contributed by atoms with Crippen molar-refractivity contribution in [2.24, 2.45) is 0 Å². The second-order valence-electron chi connectivity index (χ2n) is 5.74. The highest BCUT2D eigenvalue weighted by atomic mass is 19.1. The lowest BCUT2D eigenvalue weighted by molar-refractivity contribution is -0.383. The van der Waals surface area contributed by atoms with E-state index in [0.29, 0.717) is 11.3 Å². The molecule has 0 aliphatic heterocycles. The van der Waals surface area contributed by atoms with Gasteiger partial charge in [-0.25, -0.2) is 4.39 Å². The number of hydrogen-bond donors (Lipinski definition) is 1. The molecule has 0 amide bonds. The minimum atomic E-state index is -0.693. The van der Waals surface area contributed by atoms with Gasteiger partial charge in [0.05, 0.1) is 10.5 Å². The Morgan fingerprint density at radius 2 is 1.69 bits per heavy atom. The summed E-state index contributed by atoms with van der Waals surface area (Å²) in [4.78, 5) is 23.1. The number of ketones is 1. The van der Waals surface area contributed by atoms with Gasteiger partial charge in [0.2, 0.25) is 0 Å². The maximum absolute atomic E-state index is 14.5. The average Bonchev–Trinajstić information content (AvgIpc) is 2.62. The fourth-order valence-electron chi connectivity index (χ4n) is 2.64. The van der Waals surface area contributed by atoms with Crippen LogP contribution in [-0.4, -0.2) is 10.7 Å². The van der Waals surface area contributed by atoms with Crippen LogP contribution in [0, 0.1) is 22.9 Å². The number of carbonyl (C=O) groups excluding carboxylic acids is 1. The number of nitrogens with zero attached hydrogens (tertiary/aromatic N) is 1. The van der Waals surface area contributed by atoms with Crippen LogP contribution < -0.4 is 5.32 Å². The number of aryl methyl sites for hydroxylation is 1. The minimum Gasteiger partial charge on any atom is -0.350 e. The van der Waals surface area contributed by atoms with E-state index in [4.69, 9.17) is 0 Å². The third-order valence-corrected chi connectivity index (χ3v) is 3.98. The molecular formula is C20H15FN2O3. The van der Waals surface area contributed by atoms with Crippen molar-refractivity contribution >= 4 is 22.8 Å². The van der Waals surface area contributed by atoms with Crippen LogP contribution in [0.15, 0.2) is 66.7 Å². The zero-order valence-electron chi connectivity index (χ0n) is 13.9. The second kappa shape index (κ2) is 7.14. The van der Waals surface area contributed by atoms with E-state index in [2.05, 4.69) is 5.32 Å². The molecule has 0 radical (unpaired) electrons. The fraction of sp³-hybridized carbons (Fsp3) is 0.0500. The lowest BCUT2D eigenvalue weighted by Gasteiger charge is -2.10. The first-order chi connectivity index (χ1) is 12.5. The number of anilines is 2. The van der Waals surface area contributed by atoms with Gasteiger partial charge in [-0.05, 0) is 36.8 Å². The highest BCUT2D eigenvalue weighted by molar-refractivity contribution is 6.10. The van der Waals surface area contributed by atoms with Crippen molar-refractivity contribution in [3.05, 3.63) is 99.4 Å². The zero-order valence-corrected chi connectivity index (χ0v) is 13.9. The van der Waals surface area contributed by atoms with Gasteiger partial charge < -0.3 is 5.32 Å². The summed E-state index contributed by atoms with van der Waals surface area (Å²) in [7, 11) is 0. The van der Waals surface area contributed by atoms with Crippen LogP contribution >= 0.6 is 0 Å². The summed E-state index contributed by atoms with van der Waals surface area (Å²) >= 11 is 0. The molecule has 0 unspecified atom stereocenters. The molecule has 130 valence electrons. The third kappa shape index (κ3) is 3.44. The summed E-state index contributed by atoms with van der Waals surface area (Å²) in [5.41, 5.74) is 1.60. The number of para-hydroxylation sites is 2. The van der Waals surface area contributed by atoms with Crippen molar-refractivity contribution in [1.29, 1.82) is 0 Å². The van der Waals surface area contributed by atoms with Gasteiger partial charge in [0, 0.05) is 17.3 Å². The predicted octanol–water partition coefficient (Wildman–Crippen LogP) is 5.02. The summed E-state index contributed by atoms with van der Waals surface area (Å²) in [6.07, 6.45) is 0. The number of benzene rings is 3. The summed E-state index contributed by atoms with van der Waals surface area (Å²) in [5, 5.41) is 13.9. The fourth-order valence-corrected chi connectivity index (χ4v) is 2.64. The maximum atomic E-state index is 14.5. The molecule has 3 rings (SSSR count). The van der Waals surface area contributed by atoms with E-state index >= 15 is 0 Å². The van der Waals surface area contributed by atoms with E-state index in [1.54, 1.807) is 37.3 Å². The summed E-state index contributed by atoms with van der Waals surface area (Å²) in [6, 6.07) is 17.1. The molecule has 26 heavy (non-hydrogen) atoms. The Morgan fingerprint density at radius 1 is 1.00 bits per heavy atom. The predicted molar refractivity (Wildman–Crippen MR) is 97.4 cm³/mol. The van der Waals surface area contributed by atoms with Gasteiger partial charge in [-0.1, -0.05) is 36.4 Å². The van der Waals surface area contributed by atoms with Gasteiger partial charge >= 0.3 is 0 Å². The van der Waals surface area contributed by atoms with Crippen LogP contribution in [-0.2, 0) is 0 Å². The number of halogens is 1. The Labute approximate surface area is 149 Å². The Morgan fingerprint density at radius 3 is 2.38 bits per heavy atom. The Kier molecular flexibility index (Phi) is 4.75. The summed E-state index contributed by atoms with van der Waals surface area (Å²) < 4.78 is 14.5. The van der Waals surface area contributed by atoms with Gasteiger partial charge in [0.15, 0.2) is 5.78 Å². The van der Waals surface area contributed by atoms with Crippen molar-refractivity contribution in [2.75, 3.05) is 5.32 Å². The van der Waals surface area contributed by atoms with Gasteiger partial charge in [-0.15, -0.1) is 0 Å². The topological polar surface area (TPSA) is 72.2 Å². The molecule has 5 nitrogen and oxygen atoms in total. The molecule has 3 aromatic rings. The van der Waals surface area contributed by atoms with Crippen molar-refractivity contribution in [3.63, 3.8) is 0 Å². The molecule has 0 aliphatic rings. The van der Waals surface area contributed by atoms with E-state index in [0.717, 1.165) is 11.6 Å². The largest absolute Gasteiger partial charge is 0.350 e. The van der Waals surface area contributed by atoms with Gasteiger partial charge in [-0.3, -0.25) is 14.9 Å². The number of nitro groups is 1. The van der Waals surface area contributed by atoms with Crippen LogP contribution in [0.25, 0.3) is 0 Å². The van der Waals surface area contributed by atoms with Crippen LogP contribution in [0.3, 0.4) is 0 Å². The summed E-state index contributed by atoms with van der Waals surface area (Å²) in [5.74, 6) is -1.10. The molecule has 0 saturated heterocycles. The monoisotopic (exact) mass is 350 g/mol. The third-order valence-electron chi connectivity index (χ3n) is 3.98. The first kappa shape index (κ1) is 17.3. The highest BCUT2D eigenvalue weighted by Crippen LogP contribution is 2.28. The molecule has 3 aromatic carbocycles. The van der Waals surface area contributed by atoms with E-state index in [1.165, 1.54) is 24.3 Å². The average molecular weight is 350 g/mol. The smallest absolute Gasteiger partial charge is 0.292 e. The minimum absolute atomic E-state index is 0.0487. The van der Waals surface area contributed by atoms with E-state index in [-0.39, 0.29) is 16.9 Å². The van der Waals surface area contributed by atoms with Crippen molar-refractivity contribution < 1.29 is 14.1 Å². The number of hydrogen-bond acceptors (Lipinski definition) is 4. The molecule has 0 atom stereocenters. The lowest BCUT2D eigenvalue weighted by atomic mass is 9.98. The molecule has 0 aliphatic carbocycles. The quantitative estimate of drug-likeness (QED) is 0.398. The molecule has 0 bridgehead atoms. The molecule has 6 heteroatoms. The van der Waals surface area contributed by atoms with Gasteiger partial charge in [0.1, 0.15) is 11.5 Å². The molecule has 0 spiro atoms. The maximum Gasteiger partial charge on any atom is 0.292 e. The number of nitro benzene ring substituents is 1. The van der Waals surface area contributed by atoms with E-state index in [1.807, 2.05) is 6.07 Å². The molecular weight excluding hydrogens is 335 g/mol. The number of nitrogens with one attached hydrogen (secondary N) is 1. The van der Waals surface area contributed by atoms with E-state index < -0.39 is 16.5 Å². The standard InChI is InChI=1S/C20H15FN2O3/c1-13-6-2-3-7-15(13)20(24)16-11-10-14(12-17(16)21)22-18-8-4-5-9-19(18)23(25)26/h2-12,22H,1H3. The molecule has 0 saturated carbocycles. The van der Waals surface area contributed by atoms with Crippen LogP contribution in [0.2, 0.25) is 0 Å². The molecule has 0 fully saturated rings. The van der Waals surface area contributed by atoms with Crippen LogP contribution in [0.4, 0.5) is 21.5 Å². The van der Waals surface area contributed by atoms with Crippen molar-refractivity contribution in [2.45, 2.75) is 6.92 Å².